The number of thiophene rings is 1. The van der Waals surface area contributed by atoms with Crippen molar-refractivity contribution in [2.45, 2.75) is 11.8 Å². The molecule has 3 heteroatoms. The Bertz CT molecular complexity index is 460. The molecule has 0 atom stereocenters. The van der Waals surface area contributed by atoms with E-state index in [2.05, 4.69) is 30.7 Å². The lowest BCUT2D eigenvalue weighted by Crippen LogP contribution is -1.87. The van der Waals surface area contributed by atoms with Gasteiger partial charge in [0, 0.05) is 20.5 Å². The average molecular weight is 224 g/mol. The summed E-state index contributed by atoms with van der Waals surface area (Å²) in [5, 5.41) is 3.48. The first-order chi connectivity index (χ1) is 6.77. The first kappa shape index (κ1) is 9.87. The van der Waals surface area contributed by atoms with Crippen molar-refractivity contribution >= 4 is 33.2 Å². The summed E-state index contributed by atoms with van der Waals surface area (Å²) in [4.78, 5) is 1.30. The quantitative estimate of drug-likeness (QED) is 0.715. The predicted octanol–water partition coefficient (Wildman–Crippen LogP) is 3.94. The maximum Gasteiger partial charge on any atom is 0.124 e. The fraction of sp³-hybridized carbons (Fsp3) is 0.273. The van der Waals surface area contributed by atoms with Gasteiger partial charge in [-0.2, -0.15) is 0 Å². The summed E-state index contributed by atoms with van der Waals surface area (Å²) in [6.07, 6.45) is 2.10. The van der Waals surface area contributed by atoms with Crippen molar-refractivity contribution in [1.29, 1.82) is 0 Å². The zero-order valence-electron chi connectivity index (χ0n) is 8.46. The number of thioether (sulfide) groups is 1. The van der Waals surface area contributed by atoms with Crippen LogP contribution < -0.4 is 4.74 Å². The molecule has 0 amide bonds. The van der Waals surface area contributed by atoms with Crippen LogP contribution in [0.2, 0.25) is 0 Å². The molecule has 2 aromatic rings. The summed E-state index contributed by atoms with van der Waals surface area (Å²) in [6, 6.07) is 4.30. The van der Waals surface area contributed by atoms with Gasteiger partial charge in [0.1, 0.15) is 5.75 Å². The van der Waals surface area contributed by atoms with Crippen molar-refractivity contribution < 1.29 is 4.74 Å². The van der Waals surface area contributed by atoms with E-state index in [9.17, 15) is 0 Å². The molecule has 0 aliphatic heterocycles. The fourth-order valence-electron chi connectivity index (χ4n) is 1.59. The minimum Gasteiger partial charge on any atom is -0.496 e. The van der Waals surface area contributed by atoms with Crippen LogP contribution in [0.5, 0.6) is 5.75 Å². The second-order valence-electron chi connectivity index (χ2n) is 3.07. The summed E-state index contributed by atoms with van der Waals surface area (Å²) in [5.74, 6) is 0.990. The molecule has 14 heavy (non-hydrogen) atoms. The highest BCUT2D eigenvalue weighted by Crippen LogP contribution is 2.37. The number of benzene rings is 1. The minimum absolute atomic E-state index is 0.990. The number of ether oxygens (including phenoxy) is 1. The summed E-state index contributed by atoms with van der Waals surface area (Å²) in [5.41, 5.74) is 1.25. The highest BCUT2D eigenvalue weighted by atomic mass is 32.2. The van der Waals surface area contributed by atoms with Crippen molar-refractivity contribution in [2.75, 3.05) is 13.4 Å². The van der Waals surface area contributed by atoms with Gasteiger partial charge in [-0.1, -0.05) is 0 Å². The Hall–Kier alpha value is -0.670. The van der Waals surface area contributed by atoms with Gasteiger partial charge in [-0.05, 0) is 30.7 Å². The van der Waals surface area contributed by atoms with Gasteiger partial charge in [0.2, 0.25) is 0 Å². The van der Waals surface area contributed by atoms with Crippen LogP contribution in [0, 0.1) is 6.92 Å². The molecule has 0 fully saturated rings. The first-order valence-corrected chi connectivity index (χ1v) is 6.47. The maximum absolute atomic E-state index is 5.36. The van der Waals surface area contributed by atoms with Crippen molar-refractivity contribution in [2.24, 2.45) is 0 Å². The van der Waals surface area contributed by atoms with E-state index < -0.39 is 0 Å². The van der Waals surface area contributed by atoms with Crippen LogP contribution in [0.25, 0.3) is 10.1 Å². The molecule has 0 spiro atoms. The molecule has 0 bridgehead atoms. The highest BCUT2D eigenvalue weighted by molar-refractivity contribution is 7.98. The molecular weight excluding hydrogens is 212 g/mol. The second-order valence-corrected chi connectivity index (χ2v) is 4.83. The highest BCUT2D eigenvalue weighted by Gasteiger charge is 2.09. The Kier molecular flexibility index (Phi) is 2.70. The van der Waals surface area contributed by atoms with E-state index in [1.165, 1.54) is 20.5 Å². The molecule has 0 saturated heterocycles. The minimum atomic E-state index is 0.990. The van der Waals surface area contributed by atoms with Crippen LogP contribution in [-0.2, 0) is 0 Å². The molecule has 1 aromatic carbocycles. The zero-order chi connectivity index (χ0) is 10.1. The third kappa shape index (κ3) is 1.41. The summed E-state index contributed by atoms with van der Waals surface area (Å²) in [7, 11) is 1.73. The van der Waals surface area contributed by atoms with E-state index in [0.717, 1.165) is 5.75 Å². The van der Waals surface area contributed by atoms with Gasteiger partial charge in [0.15, 0.2) is 0 Å². The lowest BCUT2D eigenvalue weighted by Gasteiger charge is -2.08. The number of methoxy groups -OCH3 is 1. The van der Waals surface area contributed by atoms with E-state index in [1.807, 2.05) is 0 Å². The van der Waals surface area contributed by atoms with Crippen LogP contribution in [0.4, 0.5) is 0 Å². The van der Waals surface area contributed by atoms with E-state index >= 15 is 0 Å². The number of aryl methyl sites for hydroxylation is 1. The SMILES string of the molecule is COc1cc(SC)c2ccsc2c1C. The Morgan fingerprint density at radius 2 is 2.21 bits per heavy atom. The molecular formula is C11H12OS2. The lowest BCUT2D eigenvalue weighted by molar-refractivity contribution is 0.411. The number of hydrogen-bond acceptors (Lipinski definition) is 3. The number of fused-ring (bicyclic) bond motifs is 1. The van der Waals surface area contributed by atoms with E-state index in [-0.39, 0.29) is 0 Å². The van der Waals surface area contributed by atoms with E-state index in [0.29, 0.717) is 0 Å². The maximum atomic E-state index is 5.36. The molecule has 0 N–H and O–H groups in total. The van der Waals surface area contributed by atoms with Crippen molar-refractivity contribution in [3.63, 3.8) is 0 Å². The number of hydrogen-bond donors (Lipinski definition) is 0. The van der Waals surface area contributed by atoms with Crippen LogP contribution in [0.3, 0.4) is 0 Å². The monoisotopic (exact) mass is 224 g/mol. The Morgan fingerprint density at radius 1 is 1.43 bits per heavy atom. The Morgan fingerprint density at radius 3 is 2.86 bits per heavy atom. The molecule has 0 aliphatic carbocycles. The predicted molar refractivity (Wildman–Crippen MR) is 64.9 cm³/mol. The first-order valence-electron chi connectivity index (χ1n) is 4.36. The van der Waals surface area contributed by atoms with Crippen LogP contribution in [-0.4, -0.2) is 13.4 Å². The van der Waals surface area contributed by atoms with Gasteiger partial charge in [0.05, 0.1) is 7.11 Å². The van der Waals surface area contributed by atoms with Crippen LogP contribution in [0.15, 0.2) is 22.4 Å². The molecule has 1 heterocycles. The third-order valence-electron chi connectivity index (χ3n) is 2.34. The van der Waals surface area contributed by atoms with Crippen LogP contribution in [0.1, 0.15) is 5.56 Å². The molecule has 1 nitrogen and oxygen atoms in total. The molecule has 0 unspecified atom stereocenters. The normalized spacial score (nSPS) is 10.8. The lowest BCUT2D eigenvalue weighted by atomic mass is 10.1. The summed E-state index contributed by atoms with van der Waals surface area (Å²) < 4.78 is 6.70. The van der Waals surface area contributed by atoms with E-state index in [4.69, 9.17) is 4.74 Å². The second kappa shape index (κ2) is 3.83. The molecule has 2 rings (SSSR count). The topological polar surface area (TPSA) is 9.23 Å². The molecule has 1 aromatic heterocycles. The number of rotatable bonds is 2. The average Bonchev–Trinajstić information content (AvgIpc) is 2.68. The van der Waals surface area contributed by atoms with Gasteiger partial charge < -0.3 is 4.74 Å². The van der Waals surface area contributed by atoms with Gasteiger partial charge >= 0.3 is 0 Å². The van der Waals surface area contributed by atoms with Crippen LogP contribution >= 0.6 is 23.1 Å². The van der Waals surface area contributed by atoms with Crippen molar-refractivity contribution in [1.82, 2.24) is 0 Å². The smallest absolute Gasteiger partial charge is 0.124 e. The van der Waals surface area contributed by atoms with Crippen molar-refractivity contribution in [3.05, 3.63) is 23.1 Å². The van der Waals surface area contributed by atoms with Gasteiger partial charge in [0.25, 0.3) is 0 Å². The molecule has 0 aliphatic rings. The van der Waals surface area contributed by atoms with Gasteiger partial charge in [-0.15, -0.1) is 23.1 Å². The largest absolute Gasteiger partial charge is 0.496 e. The van der Waals surface area contributed by atoms with Gasteiger partial charge in [-0.3, -0.25) is 0 Å². The summed E-state index contributed by atoms with van der Waals surface area (Å²) >= 11 is 3.55. The Labute approximate surface area is 92.1 Å². The van der Waals surface area contributed by atoms with Crippen molar-refractivity contribution in [3.8, 4) is 5.75 Å². The zero-order valence-corrected chi connectivity index (χ0v) is 10.1. The summed E-state index contributed by atoms with van der Waals surface area (Å²) in [6.45, 7) is 2.11. The van der Waals surface area contributed by atoms with E-state index in [1.54, 1.807) is 30.2 Å². The molecule has 0 radical (unpaired) electrons. The molecule has 0 saturated carbocycles. The third-order valence-corrected chi connectivity index (χ3v) is 4.15. The molecule has 74 valence electrons. The fourth-order valence-corrected chi connectivity index (χ4v) is 3.19. The Balaban J connectivity index is 2.80. The standard InChI is InChI=1S/C11H12OS2/c1-7-9(12-2)6-10(13-3)8-4-5-14-11(7)8/h4-6H,1-3H3. The van der Waals surface area contributed by atoms with Gasteiger partial charge in [-0.25, -0.2) is 0 Å².